The van der Waals surface area contributed by atoms with Gasteiger partial charge in [-0.25, -0.2) is 15.8 Å². The van der Waals surface area contributed by atoms with E-state index in [0.29, 0.717) is 11.0 Å². The molecule has 96 valence electrons. The summed E-state index contributed by atoms with van der Waals surface area (Å²) in [7, 11) is 0. The van der Waals surface area contributed by atoms with Crippen molar-refractivity contribution in [2.75, 3.05) is 23.5 Å². The zero-order valence-corrected chi connectivity index (χ0v) is 11.6. The molecule has 0 amide bonds. The Morgan fingerprint density at radius 3 is 2.89 bits per heavy atom. The van der Waals surface area contributed by atoms with Gasteiger partial charge in [0.1, 0.15) is 11.6 Å². The Bertz CT molecular complexity index is 464. The van der Waals surface area contributed by atoms with Gasteiger partial charge in [0.2, 0.25) is 0 Å². The van der Waals surface area contributed by atoms with Crippen LogP contribution in [0, 0.1) is 0 Å². The fraction of sp³-hybridized carbons (Fsp3) is 0.273. The van der Waals surface area contributed by atoms with Gasteiger partial charge in [0.05, 0.1) is 0 Å². The number of thiophene rings is 1. The Morgan fingerprint density at radius 1 is 1.39 bits per heavy atom. The van der Waals surface area contributed by atoms with Crippen molar-refractivity contribution in [2.24, 2.45) is 5.84 Å². The summed E-state index contributed by atoms with van der Waals surface area (Å²) >= 11 is 3.25. The van der Waals surface area contributed by atoms with Crippen LogP contribution in [0.3, 0.4) is 0 Å². The van der Waals surface area contributed by atoms with E-state index >= 15 is 0 Å². The van der Waals surface area contributed by atoms with Crippen LogP contribution in [0.15, 0.2) is 28.7 Å². The van der Waals surface area contributed by atoms with E-state index < -0.39 is 0 Å². The summed E-state index contributed by atoms with van der Waals surface area (Å²) in [5.74, 6) is 6.78. The first-order valence-electron chi connectivity index (χ1n) is 5.48. The molecular formula is C11H15N5S2. The molecule has 0 aliphatic carbocycles. The van der Waals surface area contributed by atoms with Crippen molar-refractivity contribution in [3.05, 3.63) is 28.5 Å². The zero-order valence-electron chi connectivity index (χ0n) is 10.0. The van der Waals surface area contributed by atoms with Crippen LogP contribution < -0.4 is 16.6 Å². The maximum atomic E-state index is 5.37. The molecular weight excluding hydrogens is 266 g/mol. The minimum absolute atomic E-state index is 0.618. The maximum Gasteiger partial charge on any atom is 0.191 e. The van der Waals surface area contributed by atoms with Crippen LogP contribution in [0.25, 0.3) is 0 Å². The van der Waals surface area contributed by atoms with Gasteiger partial charge in [-0.15, -0.1) is 11.3 Å². The van der Waals surface area contributed by atoms with Crippen molar-refractivity contribution in [3.8, 4) is 0 Å². The van der Waals surface area contributed by atoms with Gasteiger partial charge in [0.15, 0.2) is 5.16 Å². The van der Waals surface area contributed by atoms with Gasteiger partial charge in [0.25, 0.3) is 0 Å². The van der Waals surface area contributed by atoms with Gasteiger partial charge < -0.3 is 10.7 Å². The molecule has 7 heteroatoms. The fourth-order valence-electron chi connectivity index (χ4n) is 1.45. The average Bonchev–Trinajstić information content (AvgIpc) is 2.91. The van der Waals surface area contributed by atoms with E-state index in [-0.39, 0.29) is 0 Å². The van der Waals surface area contributed by atoms with E-state index in [1.807, 2.05) is 6.26 Å². The minimum atomic E-state index is 0.618. The highest BCUT2D eigenvalue weighted by atomic mass is 32.2. The number of aromatic nitrogens is 2. The van der Waals surface area contributed by atoms with Crippen LogP contribution in [0.2, 0.25) is 0 Å². The molecule has 0 aromatic carbocycles. The zero-order chi connectivity index (χ0) is 12.8. The highest BCUT2D eigenvalue weighted by Gasteiger charge is 2.03. The number of hydrazine groups is 1. The van der Waals surface area contributed by atoms with Gasteiger partial charge in [-0.2, -0.15) is 0 Å². The second kappa shape index (κ2) is 6.58. The van der Waals surface area contributed by atoms with Crippen LogP contribution in [-0.4, -0.2) is 22.8 Å². The number of hydrogen-bond acceptors (Lipinski definition) is 7. The number of rotatable bonds is 6. The van der Waals surface area contributed by atoms with Crippen LogP contribution >= 0.6 is 23.1 Å². The minimum Gasteiger partial charge on any atom is -0.370 e. The Morgan fingerprint density at radius 2 is 2.22 bits per heavy atom. The third-order valence-electron chi connectivity index (χ3n) is 2.29. The molecule has 0 atom stereocenters. The Kier molecular flexibility index (Phi) is 4.80. The second-order valence-electron chi connectivity index (χ2n) is 3.53. The molecule has 0 saturated carbocycles. The van der Waals surface area contributed by atoms with Gasteiger partial charge in [-0.1, -0.05) is 17.8 Å². The third-order valence-corrected chi connectivity index (χ3v) is 3.78. The number of hydrogen-bond donors (Lipinski definition) is 3. The van der Waals surface area contributed by atoms with Crippen molar-refractivity contribution in [2.45, 2.75) is 11.6 Å². The molecule has 0 aliphatic heterocycles. The van der Waals surface area contributed by atoms with Crippen LogP contribution in [0.4, 0.5) is 11.6 Å². The highest BCUT2D eigenvalue weighted by Crippen LogP contribution is 2.17. The first-order valence-corrected chi connectivity index (χ1v) is 7.58. The van der Waals surface area contributed by atoms with Crippen LogP contribution in [0.1, 0.15) is 4.88 Å². The molecule has 0 saturated heterocycles. The second-order valence-corrected chi connectivity index (χ2v) is 5.33. The van der Waals surface area contributed by atoms with Gasteiger partial charge >= 0.3 is 0 Å². The van der Waals surface area contributed by atoms with Crippen LogP contribution in [-0.2, 0) is 6.42 Å². The molecule has 0 spiro atoms. The molecule has 2 rings (SSSR count). The Hall–Kier alpha value is -1.31. The van der Waals surface area contributed by atoms with Gasteiger partial charge in [-0.3, -0.25) is 0 Å². The Balaban J connectivity index is 1.95. The summed E-state index contributed by atoms with van der Waals surface area (Å²) in [6.45, 7) is 0.843. The molecule has 2 aromatic heterocycles. The number of nitrogen functional groups attached to an aromatic ring is 1. The fourth-order valence-corrected chi connectivity index (χ4v) is 2.54. The Labute approximate surface area is 114 Å². The van der Waals surface area contributed by atoms with Crippen LogP contribution in [0.5, 0.6) is 0 Å². The molecule has 0 radical (unpaired) electrons. The van der Waals surface area contributed by atoms with E-state index in [2.05, 4.69) is 38.2 Å². The summed E-state index contributed by atoms with van der Waals surface area (Å²) in [5.41, 5.74) is 2.54. The summed E-state index contributed by atoms with van der Waals surface area (Å²) in [5, 5.41) is 6.06. The van der Waals surface area contributed by atoms with E-state index in [0.717, 1.165) is 18.8 Å². The molecule has 0 fully saturated rings. The molecule has 2 heterocycles. The number of nitrogens with two attached hydrogens (primary N) is 1. The summed E-state index contributed by atoms with van der Waals surface area (Å²) in [4.78, 5) is 9.93. The van der Waals surface area contributed by atoms with Crippen molar-refractivity contribution >= 4 is 34.7 Å². The first kappa shape index (κ1) is 13.1. The molecule has 0 aliphatic rings. The number of nitrogens with zero attached hydrogens (tertiary/aromatic N) is 2. The molecule has 18 heavy (non-hydrogen) atoms. The topological polar surface area (TPSA) is 75.9 Å². The lowest BCUT2D eigenvalue weighted by Gasteiger charge is -2.08. The molecule has 5 nitrogen and oxygen atoms in total. The SMILES string of the molecule is CSc1nc(NN)cc(NCCc2cccs2)n1. The van der Waals surface area contributed by atoms with Gasteiger partial charge in [0, 0.05) is 17.5 Å². The lowest BCUT2D eigenvalue weighted by Crippen LogP contribution is -2.12. The van der Waals surface area contributed by atoms with Crippen molar-refractivity contribution in [3.63, 3.8) is 0 Å². The lowest BCUT2D eigenvalue weighted by atomic mass is 10.3. The van der Waals surface area contributed by atoms with Gasteiger partial charge in [-0.05, 0) is 24.1 Å². The largest absolute Gasteiger partial charge is 0.370 e. The predicted molar refractivity (Wildman–Crippen MR) is 78.1 cm³/mol. The van der Waals surface area contributed by atoms with E-state index in [4.69, 9.17) is 5.84 Å². The first-order chi connectivity index (χ1) is 8.81. The summed E-state index contributed by atoms with van der Waals surface area (Å²) in [6.07, 6.45) is 2.92. The average molecular weight is 281 g/mol. The number of anilines is 2. The smallest absolute Gasteiger partial charge is 0.191 e. The number of thioether (sulfide) groups is 1. The summed E-state index contributed by atoms with van der Waals surface area (Å²) < 4.78 is 0. The monoisotopic (exact) mass is 281 g/mol. The van der Waals surface area contributed by atoms with Crippen molar-refractivity contribution in [1.29, 1.82) is 0 Å². The molecule has 0 bridgehead atoms. The predicted octanol–water partition coefficient (Wildman–Crippen LogP) is 2.20. The molecule has 2 aromatic rings. The quantitative estimate of drug-likeness (QED) is 0.326. The lowest BCUT2D eigenvalue weighted by molar-refractivity contribution is 0.943. The van der Waals surface area contributed by atoms with Crippen molar-refractivity contribution < 1.29 is 0 Å². The third kappa shape index (κ3) is 3.59. The molecule has 4 N–H and O–H groups in total. The van der Waals surface area contributed by atoms with Crippen molar-refractivity contribution in [1.82, 2.24) is 9.97 Å². The van der Waals surface area contributed by atoms with E-state index in [9.17, 15) is 0 Å². The summed E-state index contributed by atoms with van der Waals surface area (Å²) in [6, 6.07) is 5.99. The highest BCUT2D eigenvalue weighted by molar-refractivity contribution is 7.98. The maximum absolute atomic E-state index is 5.37. The molecule has 0 unspecified atom stereocenters. The van der Waals surface area contributed by atoms with E-state index in [1.54, 1.807) is 17.4 Å². The normalized spacial score (nSPS) is 10.3. The number of nitrogens with one attached hydrogen (secondary N) is 2. The standard InChI is InChI=1S/C11H15N5S2/c1-17-11-14-9(7-10(15-11)16-12)13-5-4-8-3-2-6-18-8/h2-3,6-7H,4-5,12H2,1H3,(H2,13,14,15,16). The van der Waals surface area contributed by atoms with E-state index in [1.165, 1.54) is 16.6 Å².